The number of nitrogens with one attached hydrogen (secondary N) is 1. The summed E-state index contributed by atoms with van der Waals surface area (Å²) in [7, 11) is 1.49. The van der Waals surface area contributed by atoms with Crippen LogP contribution in [-0.4, -0.2) is 30.1 Å². The topological polar surface area (TPSA) is 51.2 Å². The van der Waals surface area contributed by atoms with Gasteiger partial charge in [-0.1, -0.05) is 0 Å². The summed E-state index contributed by atoms with van der Waals surface area (Å²) in [5.41, 5.74) is -1.04. The van der Waals surface area contributed by atoms with Gasteiger partial charge in [0.05, 0.1) is 17.7 Å². The molecule has 0 saturated carbocycles. The number of amides is 1. The fourth-order valence-electron chi connectivity index (χ4n) is 1.37. The molecule has 0 aliphatic heterocycles. The lowest BCUT2D eigenvalue weighted by atomic mass is 10.1. The molecule has 1 amide bonds. The molecule has 0 atom stereocenters. The molecule has 1 heterocycles. The fourth-order valence-corrected chi connectivity index (χ4v) is 1.37. The van der Waals surface area contributed by atoms with E-state index in [1.54, 1.807) is 13.8 Å². The van der Waals surface area contributed by atoms with Gasteiger partial charge >= 0.3 is 0 Å². The van der Waals surface area contributed by atoms with Gasteiger partial charge in [0.15, 0.2) is 5.82 Å². The molecule has 0 saturated heterocycles. The van der Waals surface area contributed by atoms with Crippen LogP contribution in [0.4, 0.5) is 8.78 Å². The Kier molecular flexibility index (Phi) is 4.11. The number of halogens is 2. The average molecular weight is 244 g/mol. The van der Waals surface area contributed by atoms with Crippen LogP contribution in [0.2, 0.25) is 0 Å². The number of pyridine rings is 1. The van der Waals surface area contributed by atoms with Crippen molar-refractivity contribution in [1.82, 2.24) is 10.3 Å². The van der Waals surface area contributed by atoms with Crippen LogP contribution in [0.25, 0.3) is 0 Å². The highest BCUT2D eigenvalue weighted by Crippen LogP contribution is 2.11. The van der Waals surface area contributed by atoms with Crippen molar-refractivity contribution in [3.63, 3.8) is 0 Å². The summed E-state index contributed by atoms with van der Waals surface area (Å²) >= 11 is 0. The number of nitrogens with zero attached hydrogens (tertiary/aromatic N) is 1. The van der Waals surface area contributed by atoms with Crippen LogP contribution >= 0.6 is 0 Å². The lowest BCUT2D eigenvalue weighted by molar-refractivity contribution is 0.0815. The van der Waals surface area contributed by atoms with Crippen LogP contribution in [0, 0.1) is 11.8 Å². The summed E-state index contributed by atoms with van der Waals surface area (Å²) < 4.78 is 31.0. The Morgan fingerprint density at radius 2 is 2.18 bits per heavy atom. The average Bonchev–Trinajstić information content (AvgIpc) is 2.21. The van der Waals surface area contributed by atoms with E-state index in [4.69, 9.17) is 4.74 Å². The van der Waals surface area contributed by atoms with Crippen LogP contribution in [0.5, 0.6) is 0 Å². The molecule has 0 aliphatic carbocycles. The number of aromatic nitrogens is 1. The SMILES string of the molecule is COCC(C)(C)NC(=O)c1ccnc(F)c1F. The van der Waals surface area contributed by atoms with Gasteiger partial charge in [-0.25, -0.2) is 9.37 Å². The van der Waals surface area contributed by atoms with E-state index in [0.29, 0.717) is 0 Å². The third kappa shape index (κ3) is 3.45. The Morgan fingerprint density at radius 3 is 2.76 bits per heavy atom. The highest BCUT2D eigenvalue weighted by atomic mass is 19.2. The Hall–Kier alpha value is -1.56. The van der Waals surface area contributed by atoms with Gasteiger partial charge in [-0.3, -0.25) is 4.79 Å². The van der Waals surface area contributed by atoms with Gasteiger partial charge in [0.25, 0.3) is 5.91 Å². The monoisotopic (exact) mass is 244 g/mol. The van der Waals surface area contributed by atoms with Crippen LogP contribution in [0.1, 0.15) is 24.2 Å². The minimum Gasteiger partial charge on any atom is -0.382 e. The fraction of sp³-hybridized carbons (Fsp3) is 0.455. The lowest BCUT2D eigenvalue weighted by Gasteiger charge is -2.25. The predicted octanol–water partition coefficient (Wildman–Crippen LogP) is 1.51. The maximum absolute atomic E-state index is 13.3. The third-order valence-electron chi connectivity index (χ3n) is 2.05. The second-order valence-corrected chi connectivity index (χ2v) is 4.23. The number of hydrogen-bond donors (Lipinski definition) is 1. The summed E-state index contributed by atoms with van der Waals surface area (Å²) in [6, 6.07) is 1.12. The molecule has 0 unspecified atom stereocenters. The maximum Gasteiger partial charge on any atom is 0.254 e. The van der Waals surface area contributed by atoms with Crippen molar-refractivity contribution in [3.05, 3.63) is 29.6 Å². The zero-order valence-corrected chi connectivity index (χ0v) is 9.88. The van der Waals surface area contributed by atoms with E-state index in [0.717, 1.165) is 12.3 Å². The zero-order chi connectivity index (χ0) is 13.1. The van der Waals surface area contributed by atoms with E-state index >= 15 is 0 Å². The van der Waals surface area contributed by atoms with Crippen LogP contribution in [0.15, 0.2) is 12.3 Å². The number of rotatable bonds is 4. The summed E-state index contributed by atoms with van der Waals surface area (Å²) in [5, 5.41) is 2.54. The molecular formula is C11H14F2N2O2. The summed E-state index contributed by atoms with van der Waals surface area (Å²) in [6.45, 7) is 3.68. The lowest BCUT2D eigenvalue weighted by Crippen LogP contribution is -2.47. The van der Waals surface area contributed by atoms with Gasteiger partial charge in [-0.2, -0.15) is 4.39 Å². The summed E-state index contributed by atoms with van der Waals surface area (Å²) in [6.07, 6.45) is 1.04. The molecule has 0 aromatic carbocycles. The van der Waals surface area contributed by atoms with E-state index in [9.17, 15) is 13.6 Å². The molecule has 0 aliphatic rings. The molecule has 1 rings (SSSR count). The van der Waals surface area contributed by atoms with Gasteiger partial charge in [0.2, 0.25) is 5.95 Å². The van der Waals surface area contributed by atoms with E-state index in [1.807, 2.05) is 0 Å². The summed E-state index contributed by atoms with van der Waals surface area (Å²) in [5.74, 6) is -3.24. The first-order valence-corrected chi connectivity index (χ1v) is 4.99. The first kappa shape index (κ1) is 13.5. The molecular weight excluding hydrogens is 230 g/mol. The summed E-state index contributed by atoms with van der Waals surface area (Å²) in [4.78, 5) is 14.8. The van der Waals surface area contributed by atoms with Crippen molar-refractivity contribution in [3.8, 4) is 0 Å². The largest absolute Gasteiger partial charge is 0.382 e. The van der Waals surface area contributed by atoms with Gasteiger partial charge in [-0.05, 0) is 19.9 Å². The molecule has 17 heavy (non-hydrogen) atoms. The molecule has 0 radical (unpaired) electrons. The minimum absolute atomic E-state index is 0.258. The highest BCUT2D eigenvalue weighted by Gasteiger charge is 2.24. The smallest absolute Gasteiger partial charge is 0.254 e. The molecule has 0 fully saturated rings. The van der Waals surface area contributed by atoms with Crippen molar-refractivity contribution in [2.75, 3.05) is 13.7 Å². The number of hydrogen-bond acceptors (Lipinski definition) is 3. The predicted molar refractivity (Wildman–Crippen MR) is 57.6 cm³/mol. The Labute approximate surface area is 98.0 Å². The first-order chi connectivity index (χ1) is 7.87. The second kappa shape index (κ2) is 5.18. The minimum atomic E-state index is -1.29. The zero-order valence-electron chi connectivity index (χ0n) is 9.88. The first-order valence-electron chi connectivity index (χ1n) is 4.99. The molecule has 0 spiro atoms. The van der Waals surface area contributed by atoms with Crippen molar-refractivity contribution in [2.24, 2.45) is 0 Å². The van der Waals surface area contributed by atoms with Crippen LogP contribution < -0.4 is 5.32 Å². The normalized spacial score (nSPS) is 11.4. The van der Waals surface area contributed by atoms with E-state index in [1.165, 1.54) is 7.11 Å². The van der Waals surface area contributed by atoms with Gasteiger partial charge < -0.3 is 10.1 Å². The molecule has 1 aromatic heterocycles. The van der Waals surface area contributed by atoms with Crippen molar-refractivity contribution < 1.29 is 18.3 Å². The van der Waals surface area contributed by atoms with Crippen LogP contribution in [-0.2, 0) is 4.74 Å². The maximum atomic E-state index is 13.3. The Balaban J connectivity index is 2.87. The van der Waals surface area contributed by atoms with Crippen LogP contribution in [0.3, 0.4) is 0 Å². The van der Waals surface area contributed by atoms with E-state index < -0.39 is 23.2 Å². The highest BCUT2D eigenvalue weighted by molar-refractivity contribution is 5.94. The van der Waals surface area contributed by atoms with Crippen molar-refractivity contribution in [2.45, 2.75) is 19.4 Å². The molecule has 0 bridgehead atoms. The molecule has 1 N–H and O–H groups in total. The van der Waals surface area contributed by atoms with Gasteiger partial charge in [0, 0.05) is 13.3 Å². The third-order valence-corrected chi connectivity index (χ3v) is 2.05. The molecule has 94 valence electrons. The number of carbonyl (C=O) groups excluding carboxylic acids is 1. The van der Waals surface area contributed by atoms with Crippen molar-refractivity contribution >= 4 is 5.91 Å². The number of methoxy groups -OCH3 is 1. The van der Waals surface area contributed by atoms with Gasteiger partial charge in [0.1, 0.15) is 0 Å². The Morgan fingerprint density at radius 1 is 1.53 bits per heavy atom. The number of carbonyl (C=O) groups is 1. The second-order valence-electron chi connectivity index (χ2n) is 4.23. The molecule has 1 aromatic rings. The van der Waals surface area contributed by atoms with Gasteiger partial charge in [-0.15, -0.1) is 0 Å². The molecule has 6 heteroatoms. The van der Waals surface area contributed by atoms with E-state index in [2.05, 4.69) is 10.3 Å². The number of ether oxygens (including phenoxy) is 1. The Bertz CT molecular complexity index is 422. The quantitative estimate of drug-likeness (QED) is 0.817. The van der Waals surface area contributed by atoms with Crippen molar-refractivity contribution in [1.29, 1.82) is 0 Å². The van der Waals surface area contributed by atoms with E-state index in [-0.39, 0.29) is 12.2 Å². The standard InChI is InChI=1S/C11H14F2N2O2/c1-11(2,6-17-3)15-10(16)7-4-5-14-9(13)8(7)12/h4-5H,6H2,1-3H3,(H,15,16). The molecule has 4 nitrogen and oxygen atoms in total.